The molecular weight excluding hydrogens is 449 g/mol. The minimum Gasteiger partial charge on any atom is -0.493 e. The first-order valence-electron chi connectivity index (χ1n) is 8.82. The average Bonchev–Trinajstić information content (AvgIpc) is 2.78. The number of ketones is 1. The molecule has 0 bridgehead atoms. The quantitative estimate of drug-likeness (QED) is 0.302. The molecule has 0 aliphatic rings. The Morgan fingerprint density at radius 2 is 1.55 bits per heavy atom. The second-order valence-corrected chi connectivity index (χ2v) is 6.74. The third kappa shape index (κ3) is 5.36. The van der Waals surface area contributed by atoms with Crippen molar-refractivity contribution in [1.82, 2.24) is 0 Å². The average molecular weight is 470 g/mol. The maximum Gasteiger partial charge on any atom is 0.276 e. The summed E-state index contributed by atoms with van der Waals surface area (Å²) in [5.74, 6) is 0.0890. The second kappa shape index (κ2) is 10.8. The molecule has 0 saturated heterocycles. The molecule has 0 aliphatic heterocycles. The zero-order valence-corrected chi connectivity index (χ0v) is 19.0. The lowest BCUT2D eigenvalue weighted by atomic mass is 10.2. The molecule has 31 heavy (non-hydrogen) atoms. The number of Topliss-reactive ketones (excluding diaryl/α,β-unsaturated/α-hetero) is 1. The van der Waals surface area contributed by atoms with Crippen LogP contribution < -0.4 is 23.4 Å². The fourth-order valence-corrected chi connectivity index (χ4v) is 3.03. The Morgan fingerprint density at radius 1 is 0.935 bits per heavy atom. The van der Waals surface area contributed by atoms with Crippen LogP contribution in [0.2, 0.25) is 5.02 Å². The molecule has 0 aliphatic carbocycles. The van der Waals surface area contributed by atoms with Crippen molar-refractivity contribution in [2.24, 2.45) is 10.2 Å². The van der Waals surface area contributed by atoms with Crippen LogP contribution >= 0.6 is 23.4 Å². The molecule has 0 radical (unpaired) electrons. The van der Waals surface area contributed by atoms with Gasteiger partial charge in [-0.3, -0.25) is 9.59 Å². The lowest BCUT2D eigenvalue weighted by molar-refractivity contribution is -0.126. The highest BCUT2D eigenvalue weighted by Crippen LogP contribution is 2.41. The first-order valence-corrected chi connectivity index (χ1v) is 9.54. The zero-order chi connectivity index (χ0) is 23.1. The molecular formula is C20H21Cl2N3O6. The van der Waals surface area contributed by atoms with Gasteiger partial charge >= 0.3 is 0 Å². The predicted octanol–water partition coefficient (Wildman–Crippen LogP) is 4.60. The highest BCUT2D eigenvalue weighted by Gasteiger charge is 2.29. The standard InChI is InChI=1S/C20H21Cl2N3O6/c1-11(26)18(24-23-13-7-9-15(29-3)19(31-5)17(13)21)20(27)25(22)12-6-8-14(28-2)16(10-12)30-4/h6-10,18H,1-5H3. The van der Waals surface area contributed by atoms with Crippen LogP contribution in [0.5, 0.6) is 23.0 Å². The fraction of sp³-hybridized carbons (Fsp3) is 0.300. The van der Waals surface area contributed by atoms with E-state index in [0.29, 0.717) is 17.2 Å². The summed E-state index contributed by atoms with van der Waals surface area (Å²) in [4.78, 5) is 24.9. The van der Waals surface area contributed by atoms with Crippen LogP contribution in [0.3, 0.4) is 0 Å². The molecule has 0 heterocycles. The summed E-state index contributed by atoms with van der Waals surface area (Å²) in [6.07, 6.45) is 0. The molecule has 0 fully saturated rings. The van der Waals surface area contributed by atoms with Crippen molar-refractivity contribution in [2.75, 3.05) is 32.9 Å². The van der Waals surface area contributed by atoms with Crippen molar-refractivity contribution in [3.63, 3.8) is 0 Å². The van der Waals surface area contributed by atoms with E-state index in [-0.39, 0.29) is 22.1 Å². The highest BCUT2D eigenvalue weighted by molar-refractivity contribution is 6.39. The Labute approximate surface area is 189 Å². The number of ether oxygens (including phenoxy) is 4. The predicted molar refractivity (Wildman–Crippen MR) is 116 cm³/mol. The first-order chi connectivity index (χ1) is 14.8. The Morgan fingerprint density at radius 3 is 2.10 bits per heavy atom. The van der Waals surface area contributed by atoms with Crippen molar-refractivity contribution in [3.05, 3.63) is 35.4 Å². The molecule has 2 aromatic rings. The molecule has 0 spiro atoms. The number of halogens is 2. The van der Waals surface area contributed by atoms with Gasteiger partial charge in [0.15, 0.2) is 28.8 Å². The lowest BCUT2D eigenvalue weighted by Gasteiger charge is -2.18. The van der Waals surface area contributed by atoms with E-state index in [4.69, 9.17) is 42.3 Å². The van der Waals surface area contributed by atoms with E-state index in [2.05, 4.69) is 10.2 Å². The summed E-state index contributed by atoms with van der Waals surface area (Å²) in [5, 5.41) is 7.94. The molecule has 2 rings (SSSR count). The van der Waals surface area contributed by atoms with Gasteiger partial charge in [0.05, 0.1) is 34.1 Å². The fourth-order valence-electron chi connectivity index (χ4n) is 2.56. The number of amides is 1. The third-order valence-corrected chi connectivity index (χ3v) is 4.88. The smallest absolute Gasteiger partial charge is 0.276 e. The lowest BCUT2D eigenvalue weighted by Crippen LogP contribution is -2.36. The maximum atomic E-state index is 12.8. The highest BCUT2D eigenvalue weighted by atomic mass is 35.5. The van der Waals surface area contributed by atoms with Crippen LogP contribution in [0.15, 0.2) is 40.6 Å². The Bertz CT molecular complexity index is 999. The molecule has 1 atom stereocenters. The van der Waals surface area contributed by atoms with Crippen molar-refractivity contribution < 1.29 is 28.5 Å². The largest absolute Gasteiger partial charge is 0.493 e. The summed E-state index contributed by atoms with van der Waals surface area (Å²) in [5.41, 5.74) is 0.445. The van der Waals surface area contributed by atoms with E-state index < -0.39 is 17.7 Å². The number of hydrogen-bond donors (Lipinski definition) is 0. The van der Waals surface area contributed by atoms with E-state index in [1.807, 2.05) is 0 Å². The van der Waals surface area contributed by atoms with Crippen LogP contribution in [-0.2, 0) is 9.59 Å². The van der Waals surface area contributed by atoms with Gasteiger partial charge in [0.2, 0.25) is 6.04 Å². The SMILES string of the molecule is COc1ccc(N(Cl)C(=O)C(N=Nc2ccc(OC)c(OC)c2Cl)C(C)=O)cc1OC. The molecule has 0 aromatic heterocycles. The normalized spacial score (nSPS) is 11.7. The Kier molecular flexibility index (Phi) is 8.47. The second-order valence-electron chi connectivity index (χ2n) is 6.02. The molecule has 9 nitrogen and oxygen atoms in total. The van der Waals surface area contributed by atoms with Gasteiger partial charge in [-0.1, -0.05) is 11.6 Å². The molecule has 0 N–H and O–H groups in total. The molecule has 1 unspecified atom stereocenters. The summed E-state index contributed by atoms with van der Waals surface area (Å²) in [7, 11) is 5.80. The van der Waals surface area contributed by atoms with Gasteiger partial charge < -0.3 is 18.9 Å². The minimum absolute atomic E-state index is 0.114. The molecule has 2 aromatic carbocycles. The van der Waals surface area contributed by atoms with E-state index in [1.54, 1.807) is 12.1 Å². The number of anilines is 1. The molecule has 0 saturated carbocycles. The summed E-state index contributed by atoms with van der Waals surface area (Å²) in [6.45, 7) is 1.21. The van der Waals surface area contributed by atoms with E-state index in [0.717, 1.165) is 4.42 Å². The van der Waals surface area contributed by atoms with E-state index in [9.17, 15) is 9.59 Å². The van der Waals surface area contributed by atoms with Crippen LogP contribution in [0.1, 0.15) is 6.92 Å². The zero-order valence-electron chi connectivity index (χ0n) is 17.5. The molecule has 166 valence electrons. The van der Waals surface area contributed by atoms with Crippen molar-refractivity contribution in [1.29, 1.82) is 0 Å². The minimum atomic E-state index is -1.49. The van der Waals surface area contributed by atoms with Crippen molar-refractivity contribution in [2.45, 2.75) is 13.0 Å². The number of benzene rings is 2. The van der Waals surface area contributed by atoms with Crippen molar-refractivity contribution >= 4 is 46.4 Å². The van der Waals surface area contributed by atoms with Crippen LogP contribution in [0.4, 0.5) is 11.4 Å². The number of carbonyl (C=O) groups excluding carboxylic acids is 2. The number of azo groups is 1. The van der Waals surface area contributed by atoms with E-state index >= 15 is 0 Å². The van der Waals surface area contributed by atoms with Gasteiger partial charge in [0.25, 0.3) is 5.91 Å². The van der Waals surface area contributed by atoms with Crippen LogP contribution in [0.25, 0.3) is 0 Å². The Balaban J connectivity index is 2.34. The summed E-state index contributed by atoms with van der Waals surface area (Å²) < 4.78 is 21.5. The van der Waals surface area contributed by atoms with Crippen molar-refractivity contribution in [3.8, 4) is 23.0 Å². The van der Waals surface area contributed by atoms with Gasteiger partial charge in [-0.15, -0.1) is 0 Å². The number of hydrogen-bond acceptors (Lipinski definition) is 8. The van der Waals surface area contributed by atoms with Gasteiger partial charge in [-0.2, -0.15) is 10.2 Å². The third-order valence-electron chi connectivity index (χ3n) is 4.15. The maximum absolute atomic E-state index is 12.8. The van der Waals surface area contributed by atoms with Crippen LogP contribution in [0, 0.1) is 0 Å². The Hall–Kier alpha value is -3.04. The number of rotatable bonds is 9. The molecule has 11 heteroatoms. The molecule has 1 amide bonds. The van der Waals surface area contributed by atoms with E-state index in [1.165, 1.54) is 53.6 Å². The summed E-state index contributed by atoms with van der Waals surface area (Å²) >= 11 is 12.5. The van der Waals surface area contributed by atoms with Crippen LogP contribution in [-0.4, -0.2) is 46.2 Å². The van der Waals surface area contributed by atoms with Gasteiger partial charge in [-0.05, 0) is 31.2 Å². The van der Waals surface area contributed by atoms with Gasteiger partial charge in [0, 0.05) is 17.8 Å². The monoisotopic (exact) mass is 469 g/mol. The number of methoxy groups -OCH3 is 4. The van der Waals surface area contributed by atoms with Gasteiger partial charge in [-0.25, -0.2) is 4.42 Å². The number of carbonyl (C=O) groups is 2. The summed E-state index contributed by atoms with van der Waals surface area (Å²) in [6, 6.07) is 6.19. The number of nitrogens with zero attached hydrogens (tertiary/aromatic N) is 3. The van der Waals surface area contributed by atoms with Gasteiger partial charge in [0.1, 0.15) is 10.7 Å². The topological polar surface area (TPSA) is 99.0 Å². The first kappa shape index (κ1) is 24.2.